The summed E-state index contributed by atoms with van der Waals surface area (Å²) < 4.78 is 36.9. The van der Waals surface area contributed by atoms with E-state index < -0.39 is 12.6 Å². The summed E-state index contributed by atoms with van der Waals surface area (Å²) in [6, 6.07) is 1.92. The van der Waals surface area contributed by atoms with Gasteiger partial charge in [-0.3, -0.25) is 0 Å². The molecule has 1 rings (SSSR count). The molecule has 1 unspecified atom stereocenters. The van der Waals surface area contributed by atoms with Crippen LogP contribution in [-0.2, 0) is 0 Å². The molecule has 1 atom stereocenters. The third kappa shape index (κ3) is 4.44. The fraction of sp³-hybridized carbons (Fsp3) is 0.556. The van der Waals surface area contributed by atoms with Gasteiger partial charge in [-0.05, 0) is 35.3 Å². The highest BCUT2D eigenvalue weighted by atomic mass is 79.9. The second-order valence-corrected chi connectivity index (χ2v) is 6.44. The Hall–Kier alpha value is 0.450. The summed E-state index contributed by atoms with van der Waals surface area (Å²) in [7, 11) is 0. The summed E-state index contributed by atoms with van der Waals surface area (Å²) >= 11 is 8.13. The van der Waals surface area contributed by atoms with Crippen LogP contribution in [0.1, 0.15) is 27.4 Å². The highest BCUT2D eigenvalue weighted by Crippen LogP contribution is 2.40. The van der Waals surface area contributed by atoms with Gasteiger partial charge < -0.3 is 0 Å². The third-order valence-corrected chi connectivity index (χ3v) is 5.10. The Morgan fingerprint density at radius 3 is 2.47 bits per heavy atom. The zero-order chi connectivity index (χ0) is 11.6. The molecule has 1 aromatic rings. The molecular formula is C9H9Br2F3S. The van der Waals surface area contributed by atoms with E-state index >= 15 is 0 Å². The van der Waals surface area contributed by atoms with Crippen molar-refractivity contribution in [2.45, 2.75) is 30.8 Å². The molecule has 0 aliphatic rings. The van der Waals surface area contributed by atoms with Crippen molar-refractivity contribution >= 4 is 43.2 Å². The van der Waals surface area contributed by atoms with Gasteiger partial charge in [0.2, 0.25) is 0 Å². The maximum absolute atomic E-state index is 12.0. The van der Waals surface area contributed by atoms with E-state index in [1.165, 1.54) is 11.3 Å². The van der Waals surface area contributed by atoms with Gasteiger partial charge in [-0.25, -0.2) is 0 Å². The van der Waals surface area contributed by atoms with Crippen LogP contribution in [-0.4, -0.2) is 6.18 Å². The second-order valence-electron chi connectivity index (χ2n) is 3.19. The molecule has 0 nitrogen and oxygen atoms in total. The first-order chi connectivity index (χ1) is 6.79. The Morgan fingerprint density at radius 1 is 1.47 bits per heavy atom. The van der Waals surface area contributed by atoms with Crippen molar-refractivity contribution in [2.75, 3.05) is 0 Å². The molecule has 0 radical (unpaired) electrons. The van der Waals surface area contributed by atoms with E-state index in [-0.39, 0.29) is 11.2 Å². The summed E-state index contributed by atoms with van der Waals surface area (Å²) in [6.07, 6.45) is -4.76. The van der Waals surface area contributed by atoms with E-state index in [0.29, 0.717) is 0 Å². The van der Waals surface area contributed by atoms with E-state index in [0.717, 1.165) is 14.2 Å². The monoisotopic (exact) mass is 364 g/mol. The Bertz CT molecular complexity index is 333. The molecule has 0 saturated heterocycles. The Labute approximate surface area is 107 Å². The summed E-state index contributed by atoms with van der Waals surface area (Å²) in [6.45, 7) is 1.93. The average Bonchev–Trinajstić information content (AvgIpc) is 2.40. The predicted molar refractivity (Wildman–Crippen MR) is 63.7 cm³/mol. The van der Waals surface area contributed by atoms with Gasteiger partial charge in [-0.2, -0.15) is 13.2 Å². The zero-order valence-electron chi connectivity index (χ0n) is 7.87. The van der Waals surface area contributed by atoms with Crippen LogP contribution in [0.2, 0.25) is 0 Å². The summed E-state index contributed by atoms with van der Waals surface area (Å²) in [5.74, 6) is 0. The Balaban J connectivity index is 2.61. The fourth-order valence-corrected chi connectivity index (χ4v) is 4.14. The van der Waals surface area contributed by atoms with Crippen LogP contribution in [0, 0.1) is 6.92 Å². The van der Waals surface area contributed by atoms with Gasteiger partial charge in [0, 0.05) is 20.6 Å². The van der Waals surface area contributed by atoms with Crippen molar-refractivity contribution in [3.63, 3.8) is 0 Å². The quantitative estimate of drug-likeness (QED) is 0.612. The fourth-order valence-electron chi connectivity index (χ4n) is 1.14. The third-order valence-electron chi connectivity index (χ3n) is 1.80. The van der Waals surface area contributed by atoms with Crippen molar-refractivity contribution in [1.82, 2.24) is 0 Å². The maximum atomic E-state index is 12.0. The van der Waals surface area contributed by atoms with Crippen molar-refractivity contribution in [2.24, 2.45) is 0 Å². The van der Waals surface area contributed by atoms with Crippen molar-refractivity contribution in [3.8, 4) is 0 Å². The van der Waals surface area contributed by atoms with E-state index in [1.807, 2.05) is 13.0 Å². The van der Waals surface area contributed by atoms with Gasteiger partial charge in [-0.1, -0.05) is 15.9 Å². The van der Waals surface area contributed by atoms with E-state index in [2.05, 4.69) is 31.9 Å². The molecule has 0 saturated carbocycles. The summed E-state index contributed by atoms with van der Waals surface area (Å²) in [5, 5.41) is 0. The molecular weight excluding hydrogens is 357 g/mol. The van der Waals surface area contributed by atoms with E-state index in [1.54, 1.807) is 0 Å². The molecule has 86 valence electrons. The van der Waals surface area contributed by atoms with Crippen LogP contribution in [0.15, 0.2) is 10.5 Å². The molecule has 0 aliphatic carbocycles. The number of alkyl halides is 4. The van der Waals surface area contributed by atoms with Crippen LogP contribution >= 0.6 is 43.2 Å². The second kappa shape index (κ2) is 5.19. The van der Waals surface area contributed by atoms with Gasteiger partial charge in [0.05, 0.1) is 4.83 Å². The van der Waals surface area contributed by atoms with Crippen LogP contribution in [0.4, 0.5) is 13.2 Å². The number of rotatable bonds is 3. The Morgan fingerprint density at radius 2 is 2.07 bits per heavy atom. The lowest BCUT2D eigenvalue weighted by Crippen LogP contribution is -2.07. The molecule has 0 aliphatic heterocycles. The van der Waals surface area contributed by atoms with Gasteiger partial charge in [0.15, 0.2) is 0 Å². The maximum Gasteiger partial charge on any atom is 0.389 e. The van der Waals surface area contributed by atoms with Crippen LogP contribution in [0.25, 0.3) is 0 Å². The Kier molecular flexibility index (Phi) is 4.67. The first-order valence-electron chi connectivity index (χ1n) is 4.26. The zero-order valence-corrected chi connectivity index (χ0v) is 11.9. The summed E-state index contributed by atoms with van der Waals surface area (Å²) in [5.41, 5.74) is 0. The van der Waals surface area contributed by atoms with E-state index in [9.17, 15) is 13.2 Å². The minimum atomic E-state index is -4.08. The molecule has 0 fully saturated rings. The van der Waals surface area contributed by atoms with Gasteiger partial charge in [-0.15, -0.1) is 11.3 Å². The number of halogens is 5. The smallest absolute Gasteiger partial charge is 0.171 e. The standard InChI is InChI=1S/C9H9Br2F3S/c1-5-4-7(11)8(15-5)6(10)2-3-9(12,13)14/h4,6H,2-3H2,1H3. The minimum Gasteiger partial charge on any atom is -0.171 e. The molecule has 0 spiro atoms. The SMILES string of the molecule is Cc1cc(Br)c(C(Br)CCC(F)(F)F)s1. The largest absolute Gasteiger partial charge is 0.389 e. The predicted octanol–water partition coefficient (Wildman–Crippen LogP) is 5.60. The molecule has 0 bridgehead atoms. The number of hydrogen-bond acceptors (Lipinski definition) is 1. The molecule has 1 aromatic heterocycles. The minimum absolute atomic E-state index is 0.0715. The lowest BCUT2D eigenvalue weighted by atomic mass is 10.2. The lowest BCUT2D eigenvalue weighted by molar-refractivity contribution is -0.135. The van der Waals surface area contributed by atoms with Gasteiger partial charge >= 0.3 is 6.18 Å². The molecule has 0 amide bonds. The van der Waals surface area contributed by atoms with Crippen molar-refractivity contribution < 1.29 is 13.2 Å². The average molecular weight is 366 g/mol. The number of hydrogen-bond donors (Lipinski definition) is 0. The molecule has 0 N–H and O–H groups in total. The molecule has 6 heteroatoms. The number of thiophene rings is 1. The van der Waals surface area contributed by atoms with Crippen LogP contribution < -0.4 is 0 Å². The van der Waals surface area contributed by atoms with Crippen molar-refractivity contribution in [1.29, 1.82) is 0 Å². The van der Waals surface area contributed by atoms with E-state index in [4.69, 9.17) is 0 Å². The topological polar surface area (TPSA) is 0 Å². The first-order valence-corrected chi connectivity index (χ1v) is 6.79. The van der Waals surface area contributed by atoms with Crippen LogP contribution in [0.5, 0.6) is 0 Å². The van der Waals surface area contributed by atoms with Crippen molar-refractivity contribution in [3.05, 3.63) is 20.3 Å². The number of aryl methyl sites for hydroxylation is 1. The highest BCUT2D eigenvalue weighted by molar-refractivity contribution is 9.11. The lowest BCUT2D eigenvalue weighted by Gasteiger charge is -2.10. The molecule has 15 heavy (non-hydrogen) atoms. The molecule has 0 aromatic carbocycles. The van der Waals surface area contributed by atoms with Crippen LogP contribution in [0.3, 0.4) is 0 Å². The molecule has 1 heterocycles. The summed E-state index contributed by atoms with van der Waals surface area (Å²) in [4.78, 5) is 1.79. The normalized spacial score (nSPS) is 14.3. The first kappa shape index (κ1) is 13.5. The van der Waals surface area contributed by atoms with Gasteiger partial charge in [0.1, 0.15) is 0 Å². The van der Waals surface area contributed by atoms with Gasteiger partial charge in [0.25, 0.3) is 0 Å². The highest BCUT2D eigenvalue weighted by Gasteiger charge is 2.28.